The van der Waals surface area contributed by atoms with Gasteiger partial charge in [0.15, 0.2) is 0 Å². The highest BCUT2D eigenvalue weighted by Crippen LogP contribution is 2.09. The first-order chi connectivity index (χ1) is 5.25. The van der Waals surface area contributed by atoms with Gasteiger partial charge in [-0.05, 0) is 6.92 Å². The van der Waals surface area contributed by atoms with E-state index >= 15 is 0 Å². The van der Waals surface area contributed by atoms with Crippen molar-refractivity contribution < 1.29 is 5.11 Å². The quantitative estimate of drug-likeness (QED) is 0.643. The molecule has 60 valence electrons. The Labute approximate surface area is 66.0 Å². The smallest absolute Gasteiger partial charge is 0.141 e. The van der Waals surface area contributed by atoms with Crippen LogP contribution in [0.3, 0.4) is 0 Å². The number of nitrogens with zero attached hydrogens (tertiary/aromatic N) is 2. The van der Waals surface area contributed by atoms with Gasteiger partial charge in [-0.3, -0.25) is 0 Å². The molecule has 11 heavy (non-hydrogen) atoms. The number of aryl methyl sites for hydroxylation is 1. The van der Waals surface area contributed by atoms with E-state index in [0.717, 1.165) is 0 Å². The molecule has 0 aliphatic carbocycles. The van der Waals surface area contributed by atoms with Crippen molar-refractivity contribution in [3.63, 3.8) is 0 Å². The first kappa shape index (κ1) is 8.01. The molecule has 3 heteroatoms. The summed E-state index contributed by atoms with van der Waals surface area (Å²) in [5.41, 5.74) is 0. The first-order valence-electron chi connectivity index (χ1n) is 3.54. The highest BCUT2D eigenvalue weighted by atomic mass is 16.3. The van der Waals surface area contributed by atoms with Crippen LogP contribution in [0.25, 0.3) is 0 Å². The molecule has 1 rings (SSSR count). The minimum Gasteiger partial charge on any atom is -0.381 e. The van der Waals surface area contributed by atoms with E-state index in [9.17, 15) is 5.11 Å². The summed E-state index contributed by atoms with van der Waals surface area (Å²) in [4.78, 5) is 4.00. The molecule has 0 radical (unpaired) electrons. The Balaban J connectivity index is 2.83. The summed E-state index contributed by atoms with van der Waals surface area (Å²) in [5.74, 6) is 0.670. The molecule has 0 spiro atoms. The molecule has 1 atom stereocenters. The molecule has 0 aliphatic heterocycles. The molecule has 3 nitrogen and oxygen atoms in total. The van der Waals surface area contributed by atoms with Gasteiger partial charge in [-0.2, -0.15) is 0 Å². The monoisotopic (exact) mass is 152 g/mol. The number of aromatic nitrogens is 2. The van der Waals surface area contributed by atoms with Crippen LogP contribution in [0.15, 0.2) is 24.5 Å². The number of aliphatic hydroxyl groups excluding tert-OH is 1. The van der Waals surface area contributed by atoms with Crippen LogP contribution in [-0.2, 0) is 7.05 Å². The zero-order chi connectivity index (χ0) is 8.27. The third-order valence-corrected chi connectivity index (χ3v) is 1.50. The second kappa shape index (κ2) is 3.34. The van der Waals surface area contributed by atoms with E-state index in [-0.39, 0.29) is 0 Å². The van der Waals surface area contributed by atoms with Crippen molar-refractivity contribution in [1.29, 1.82) is 0 Å². The highest BCUT2D eigenvalue weighted by Gasteiger charge is 2.06. The fourth-order valence-corrected chi connectivity index (χ4v) is 0.930. The van der Waals surface area contributed by atoms with Crippen LogP contribution in [0.4, 0.5) is 0 Å². The van der Waals surface area contributed by atoms with Gasteiger partial charge in [-0.15, -0.1) is 0 Å². The summed E-state index contributed by atoms with van der Waals surface area (Å²) in [7, 11) is 1.86. The van der Waals surface area contributed by atoms with Gasteiger partial charge in [0.1, 0.15) is 11.9 Å². The summed E-state index contributed by atoms with van der Waals surface area (Å²) in [5, 5.41) is 9.42. The van der Waals surface area contributed by atoms with E-state index in [1.165, 1.54) is 0 Å². The van der Waals surface area contributed by atoms with Crippen molar-refractivity contribution in [1.82, 2.24) is 9.55 Å². The predicted molar refractivity (Wildman–Crippen MR) is 43.0 cm³/mol. The second-order valence-corrected chi connectivity index (χ2v) is 2.37. The molecule has 0 fully saturated rings. The molecule has 0 unspecified atom stereocenters. The van der Waals surface area contributed by atoms with Crippen molar-refractivity contribution in [3.05, 3.63) is 30.4 Å². The van der Waals surface area contributed by atoms with Crippen molar-refractivity contribution >= 4 is 0 Å². The highest BCUT2D eigenvalue weighted by molar-refractivity contribution is 5.03. The van der Waals surface area contributed by atoms with Gasteiger partial charge in [-0.25, -0.2) is 4.98 Å². The molecule has 0 saturated carbocycles. The van der Waals surface area contributed by atoms with Gasteiger partial charge in [-0.1, -0.05) is 12.2 Å². The zero-order valence-electron chi connectivity index (χ0n) is 6.73. The van der Waals surface area contributed by atoms with Crippen LogP contribution in [0.5, 0.6) is 0 Å². The van der Waals surface area contributed by atoms with Crippen molar-refractivity contribution in [2.75, 3.05) is 0 Å². The molecular formula is C8H12N2O. The van der Waals surface area contributed by atoms with Crippen molar-refractivity contribution in [2.45, 2.75) is 13.0 Å². The van der Waals surface area contributed by atoms with Gasteiger partial charge in [0.05, 0.1) is 0 Å². The van der Waals surface area contributed by atoms with E-state index in [0.29, 0.717) is 5.82 Å². The summed E-state index contributed by atoms with van der Waals surface area (Å²) in [6, 6.07) is 0. The van der Waals surface area contributed by atoms with Crippen LogP contribution in [0.2, 0.25) is 0 Å². The van der Waals surface area contributed by atoms with Gasteiger partial charge in [0.25, 0.3) is 0 Å². The Kier molecular flexibility index (Phi) is 2.44. The Morgan fingerprint density at radius 3 is 2.91 bits per heavy atom. The minimum atomic E-state index is -0.583. The Bertz CT molecular complexity index is 252. The van der Waals surface area contributed by atoms with Crippen LogP contribution in [0.1, 0.15) is 18.9 Å². The SMILES string of the molecule is C/C=C/[C@H](O)c1nccn1C. The number of hydrogen-bond donors (Lipinski definition) is 1. The lowest BCUT2D eigenvalue weighted by Crippen LogP contribution is -2.02. The molecule has 1 N–H and O–H groups in total. The summed E-state index contributed by atoms with van der Waals surface area (Å²) in [6.45, 7) is 1.87. The molecule has 0 saturated heterocycles. The van der Waals surface area contributed by atoms with Crippen molar-refractivity contribution in [2.24, 2.45) is 7.05 Å². The maximum Gasteiger partial charge on any atom is 0.141 e. The third-order valence-electron chi connectivity index (χ3n) is 1.50. The van der Waals surface area contributed by atoms with Gasteiger partial charge in [0, 0.05) is 19.4 Å². The normalized spacial score (nSPS) is 14.1. The number of aliphatic hydroxyl groups is 1. The lowest BCUT2D eigenvalue weighted by molar-refractivity contribution is 0.214. The average molecular weight is 152 g/mol. The van der Waals surface area contributed by atoms with Crippen LogP contribution in [-0.4, -0.2) is 14.7 Å². The van der Waals surface area contributed by atoms with Gasteiger partial charge < -0.3 is 9.67 Å². The fraction of sp³-hybridized carbons (Fsp3) is 0.375. The minimum absolute atomic E-state index is 0.583. The second-order valence-electron chi connectivity index (χ2n) is 2.37. The van der Waals surface area contributed by atoms with E-state index in [1.54, 1.807) is 22.9 Å². The molecule has 1 heterocycles. The van der Waals surface area contributed by atoms with Gasteiger partial charge >= 0.3 is 0 Å². The summed E-state index contributed by atoms with van der Waals surface area (Å²) < 4.78 is 1.80. The molecular weight excluding hydrogens is 140 g/mol. The number of rotatable bonds is 2. The fourth-order valence-electron chi connectivity index (χ4n) is 0.930. The Morgan fingerprint density at radius 1 is 1.73 bits per heavy atom. The summed E-state index contributed by atoms with van der Waals surface area (Å²) in [6.07, 6.45) is 6.39. The maximum absolute atomic E-state index is 9.42. The van der Waals surface area contributed by atoms with Crippen LogP contribution >= 0.6 is 0 Å². The number of allylic oxidation sites excluding steroid dienone is 1. The van der Waals surface area contributed by atoms with Crippen molar-refractivity contribution in [3.8, 4) is 0 Å². The lowest BCUT2D eigenvalue weighted by atomic mass is 10.3. The number of hydrogen-bond acceptors (Lipinski definition) is 2. The molecule has 0 bridgehead atoms. The lowest BCUT2D eigenvalue weighted by Gasteiger charge is -2.03. The van der Waals surface area contributed by atoms with E-state index in [4.69, 9.17) is 0 Å². The number of imidazole rings is 1. The molecule has 0 amide bonds. The molecule has 0 aromatic carbocycles. The van der Waals surface area contributed by atoms with Crippen LogP contribution in [0, 0.1) is 0 Å². The first-order valence-corrected chi connectivity index (χ1v) is 3.54. The standard InChI is InChI=1S/C8H12N2O/c1-3-4-7(11)8-9-5-6-10(8)2/h3-7,11H,1-2H3/b4-3+/t7-/m0/s1. The van der Waals surface area contributed by atoms with Gasteiger partial charge in [0.2, 0.25) is 0 Å². The summed E-state index contributed by atoms with van der Waals surface area (Å²) >= 11 is 0. The largest absolute Gasteiger partial charge is 0.381 e. The zero-order valence-corrected chi connectivity index (χ0v) is 6.73. The third kappa shape index (κ3) is 1.68. The van der Waals surface area contributed by atoms with E-state index in [2.05, 4.69) is 4.98 Å². The maximum atomic E-state index is 9.42. The van der Waals surface area contributed by atoms with Crippen LogP contribution < -0.4 is 0 Å². The average Bonchev–Trinajstić information content (AvgIpc) is 2.36. The molecule has 0 aliphatic rings. The van der Waals surface area contributed by atoms with E-state index < -0.39 is 6.10 Å². The Morgan fingerprint density at radius 2 is 2.45 bits per heavy atom. The van der Waals surface area contributed by atoms with E-state index in [1.807, 2.05) is 20.2 Å². The predicted octanol–water partition coefficient (Wildman–Crippen LogP) is 1.03. The molecule has 1 aromatic heterocycles. The topological polar surface area (TPSA) is 38.1 Å². The Hall–Kier alpha value is -1.09. The molecule has 1 aromatic rings.